The highest BCUT2D eigenvalue weighted by Crippen LogP contribution is 2.36. The first-order valence-corrected chi connectivity index (χ1v) is 11.6. The third-order valence-electron chi connectivity index (χ3n) is 5.27. The Labute approximate surface area is 177 Å². The quantitative estimate of drug-likeness (QED) is 0.648. The zero-order valence-electron chi connectivity index (χ0n) is 17.4. The Balaban J connectivity index is 1.62. The number of aryl methyl sites for hydroxylation is 3. The van der Waals surface area contributed by atoms with Crippen LogP contribution in [0.5, 0.6) is 0 Å². The number of anilines is 2. The highest BCUT2D eigenvalue weighted by molar-refractivity contribution is 7.89. The van der Waals surface area contributed by atoms with Gasteiger partial charge in [-0.3, -0.25) is 4.68 Å². The van der Waals surface area contributed by atoms with Crippen molar-refractivity contribution < 1.29 is 8.42 Å². The largest absolute Gasteiger partial charge is 0.325 e. The van der Waals surface area contributed by atoms with Gasteiger partial charge in [-0.25, -0.2) is 18.4 Å². The van der Waals surface area contributed by atoms with Crippen LogP contribution < -0.4 is 5.32 Å². The van der Waals surface area contributed by atoms with E-state index in [9.17, 15) is 8.42 Å². The lowest BCUT2D eigenvalue weighted by Gasteiger charge is -2.23. The van der Waals surface area contributed by atoms with E-state index in [1.54, 1.807) is 22.1 Å². The molecule has 1 aliphatic rings. The Hall–Kier alpha value is -2.78. The fraction of sp³-hybridized carbons (Fsp3) is 0.381. The minimum atomic E-state index is -3.66. The Bertz CT molecular complexity index is 1160. The molecule has 1 saturated heterocycles. The maximum absolute atomic E-state index is 13.4. The highest BCUT2D eigenvalue weighted by atomic mass is 32.2. The van der Waals surface area contributed by atoms with Crippen LogP contribution in [0.1, 0.15) is 42.9 Å². The van der Waals surface area contributed by atoms with E-state index in [4.69, 9.17) is 4.98 Å². The average Bonchev–Trinajstić information content (AvgIpc) is 3.35. The first-order chi connectivity index (χ1) is 14.4. The van der Waals surface area contributed by atoms with E-state index in [2.05, 4.69) is 15.4 Å². The number of aromatic nitrogens is 4. The smallest absolute Gasteiger partial charge is 0.247 e. The monoisotopic (exact) mass is 426 g/mol. The molecule has 3 aromatic rings. The molecule has 0 aliphatic carbocycles. The topological polar surface area (TPSA) is 93.0 Å². The number of nitrogens with one attached hydrogen (secondary N) is 1. The molecule has 3 aromatic heterocycles. The third kappa shape index (κ3) is 3.95. The van der Waals surface area contributed by atoms with E-state index in [0.29, 0.717) is 30.4 Å². The minimum absolute atomic E-state index is 0.273. The molecule has 8 nitrogen and oxygen atoms in total. The second kappa shape index (κ2) is 8.16. The van der Waals surface area contributed by atoms with Gasteiger partial charge in [0.15, 0.2) is 0 Å². The summed E-state index contributed by atoms with van der Waals surface area (Å²) in [6.07, 6.45) is 3.15. The summed E-state index contributed by atoms with van der Waals surface area (Å²) < 4.78 is 30.0. The van der Waals surface area contributed by atoms with Crippen molar-refractivity contribution in [2.45, 2.75) is 51.1 Å². The van der Waals surface area contributed by atoms with Crippen LogP contribution >= 0.6 is 0 Å². The van der Waals surface area contributed by atoms with Gasteiger partial charge in [0.05, 0.1) is 17.4 Å². The molecule has 0 amide bonds. The molecule has 1 atom stereocenters. The third-order valence-corrected chi connectivity index (χ3v) is 7.28. The van der Waals surface area contributed by atoms with Crippen LogP contribution in [-0.4, -0.2) is 39.0 Å². The lowest BCUT2D eigenvalue weighted by Crippen LogP contribution is -2.31. The van der Waals surface area contributed by atoms with Crippen molar-refractivity contribution in [3.63, 3.8) is 0 Å². The molecule has 1 N–H and O–H groups in total. The summed E-state index contributed by atoms with van der Waals surface area (Å²) in [6, 6.07) is 11.1. The van der Waals surface area contributed by atoms with Gasteiger partial charge in [-0.15, -0.1) is 0 Å². The number of sulfonamides is 1. The molecule has 0 bridgehead atoms. The first kappa shape index (κ1) is 20.5. The van der Waals surface area contributed by atoms with Gasteiger partial charge in [0, 0.05) is 25.0 Å². The van der Waals surface area contributed by atoms with Crippen molar-refractivity contribution in [2.75, 3.05) is 11.9 Å². The van der Waals surface area contributed by atoms with E-state index in [1.165, 1.54) is 0 Å². The second-order valence-electron chi connectivity index (χ2n) is 7.45. The van der Waals surface area contributed by atoms with Crippen molar-refractivity contribution >= 4 is 21.7 Å². The van der Waals surface area contributed by atoms with E-state index >= 15 is 0 Å². The minimum Gasteiger partial charge on any atom is -0.325 e. The summed E-state index contributed by atoms with van der Waals surface area (Å²) in [5, 5.41) is 7.52. The number of hydrogen-bond donors (Lipinski definition) is 1. The molecule has 0 unspecified atom stereocenters. The van der Waals surface area contributed by atoms with Crippen LogP contribution in [-0.2, 0) is 16.6 Å². The van der Waals surface area contributed by atoms with Crippen molar-refractivity contribution in [1.29, 1.82) is 0 Å². The lowest BCUT2D eigenvalue weighted by molar-refractivity contribution is 0.390. The first-order valence-electron chi connectivity index (χ1n) is 10.1. The number of pyridine rings is 2. The summed E-state index contributed by atoms with van der Waals surface area (Å²) in [5.74, 6) is 1.35. The highest BCUT2D eigenvalue weighted by Gasteiger charge is 2.38. The molecular weight excluding hydrogens is 400 g/mol. The molecule has 4 heterocycles. The van der Waals surface area contributed by atoms with Gasteiger partial charge in [0.25, 0.3) is 0 Å². The van der Waals surface area contributed by atoms with Crippen LogP contribution in [0.2, 0.25) is 0 Å². The summed E-state index contributed by atoms with van der Waals surface area (Å²) >= 11 is 0. The fourth-order valence-electron chi connectivity index (χ4n) is 3.82. The summed E-state index contributed by atoms with van der Waals surface area (Å²) in [5.41, 5.74) is 2.16. The zero-order chi connectivity index (χ0) is 21.3. The Morgan fingerprint density at radius 1 is 1.10 bits per heavy atom. The van der Waals surface area contributed by atoms with E-state index in [0.717, 1.165) is 24.2 Å². The summed E-state index contributed by atoms with van der Waals surface area (Å²) in [7, 11) is -3.66. The van der Waals surface area contributed by atoms with Crippen LogP contribution in [0.3, 0.4) is 0 Å². The summed E-state index contributed by atoms with van der Waals surface area (Å²) in [4.78, 5) is 9.42. The Morgan fingerprint density at radius 3 is 2.53 bits per heavy atom. The normalized spacial score (nSPS) is 17.4. The van der Waals surface area contributed by atoms with Gasteiger partial charge >= 0.3 is 0 Å². The van der Waals surface area contributed by atoms with Gasteiger partial charge in [-0.2, -0.15) is 9.40 Å². The van der Waals surface area contributed by atoms with Crippen molar-refractivity contribution in [3.05, 3.63) is 59.7 Å². The zero-order valence-corrected chi connectivity index (χ0v) is 18.2. The van der Waals surface area contributed by atoms with Gasteiger partial charge in [0.2, 0.25) is 10.0 Å². The predicted octanol–water partition coefficient (Wildman–Crippen LogP) is 3.58. The average molecular weight is 427 g/mol. The molecule has 158 valence electrons. The maximum atomic E-state index is 13.4. The van der Waals surface area contributed by atoms with Crippen LogP contribution in [0.4, 0.5) is 11.6 Å². The predicted molar refractivity (Wildman–Crippen MR) is 115 cm³/mol. The van der Waals surface area contributed by atoms with Gasteiger partial charge < -0.3 is 5.32 Å². The fourth-order valence-corrected chi connectivity index (χ4v) is 5.65. The number of rotatable bonds is 6. The Kier molecular flexibility index (Phi) is 5.57. The number of nitrogens with zero attached hydrogens (tertiary/aromatic N) is 5. The molecule has 4 rings (SSSR count). The molecule has 1 aliphatic heterocycles. The SMILES string of the molecule is CCn1cc(S(=O)(=O)N2CCC[C@H]2c2cccc(Nc3cccc(C)n3)n2)c(C)n1. The molecule has 0 saturated carbocycles. The standard InChI is InChI=1S/C21H26N6O2S/c1-4-26-14-19(16(3)25-26)30(28,29)27-13-7-10-18(27)17-9-6-12-21(23-17)24-20-11-5-8-15(2)22-20/h5-6,8-9,11-12,14,18H,4,7,10,13H2,1-3H3,(H,22,23,24)/t18-/m0/s1. The van der Waals surface area contributed by atoms with Gasteiger partial charge in [-0.1, -0.05) is 12.1 Å². The van der Waals surface area contributed by atoms with Crippen molar-refractivity contribution in [3.8, 4) is 0 Å². The van der Waals surface area contributed by atoms with E-state index in [1.807, 2.05) is 50.2 Å². The van der Waals surface area contributed by atoms with Crippen LogP contribution in [0, 0.1) is 13.8 Å². The molecule has 0 radical (unpaired) electrons. The summed E-state index contributed by atoms with van der Waals surface area (Å²) in [6.45, 7) is 6.71. The Morgan fingerprint density at radius 2 is 1.83 bits per heavy atom. The maximum Gasteiger partial charge on any atom is 0.247 e. The number of hydrogen-bond acceptors (Lipinski definition) is 6. The molecule has 9 heteroatoms. The van der Waals surface area contributed by atoms with Crippen LogP contribution in [0.25, 0.3) is 0 Å². The van der Waals surface area contributed by atoms with Crippen molar-refractivity contribution in [1.82, 2.24) is 24.1 Å². The van der Waals surface area contributed by atoms with Gasteiger partial charge in [-0.05, 0) is 57.9 Å². The van der Waals surface area contributed by atoms with Crippen molar-refractivity contribution in [2.24, 2.45) is 0 Å². The van der Waals surface area contributed by atoms with Gasteiger partial charge in [0.1, 0.15) is 16.5 Å². The molecule has 0 aromatic carbocycles. The molecule has 30 heavy (non-hydrogen) atoms. The van der Waals surface area contributed by atoms with Crippen LogP contribution in [0.15, 0.2) is 47.5 Å². The molecule has 1 fully saturated rings. The van der Waals surface area contributed by atoms with E-state index < -0.39 is 10.0 Å². The molecular formula is C21H26N6O2S. The molecule has 0 spiro atoms. The van der Waals surface area contributed by atoms with E-state index in [-0.39, 0.29) is 10.9 Å². The lowest BCUT2D eigenvalue weighted by atomic mass is 10.1. The second-order valence-corrected chi connectivity index (χ2v) is 9.30.